The smallest absolute Gasteiger partial charge is 0.155 e. The molecule has 6 heteroatoms. The van der Waals surface area contributed by atoms with E-state index < -0.39 is 0 Å². The van der Waals surface area contributed by atoms with Crippen molar-refractivity contribution in [2.45, 2.75) is 0 Å². The Morgan fingerprint density at radius 1 is 1.14 bits per heavy atom. The highest BCUT2D eigenvalue weighted by Gasteiger charge is 2.13. The highest BCUT2D eigenvalue weighted by molar-refractivity contribution is 5.72. The molecule has 106 valence electrons. The third-order valence-corrected chi connectivity index (χ3v) is 3.14. The lowest BCUT2D eigenvalue weighted by Gasteiger charge is -2.05. The van der Waals surface area contributed by atoms with E-state index in [4.69, 9.17) is 10.5 Å². The number of anilines is 1. The van der Waals surface area contributed by atoms with E-state index in [1.807, 2.05) is 24.3 Å². The fraction of sp³-hybridized carbons (Fsp3) is 0.0667. The minimum absolute atomic E-state index is 0.186. The second kappa shape index (κ2) is 5.16. The van der Waals surface area contributed by atoms with Crippen LogP contribution in [0.2, 0.25) is 0 Å². The van der Waals surface area contributed by atoms with Crippen LogP contribution in [0.4, 0.5) is 5.82 Å². The first kappa shape index (κ1) is 13.0. The maximum absolute atomic E-state index is 9.32. The Morgan fingerprint density at radius 3 is 2.62 bits per heavy atom. The minimum atomic E-state index is 0.186. The summed E-state index contributed by atoms with van der Waals surface area (Å²) in [6.45, 7) is 0. The van der Waals surface area contributed by atoms with Crippen LogP contribution >= 0.6 is 0 Å². The molecule has 0 spiro atoms. The van der Waals surface area contributed by atoms with Gasteiger partial charge in [0.1, 0.15) is 17.2 Å². The number of nitrogen functional groups attached to an aromatic ring is 1. The van der Waals surface area contributed by atoms with Crippen molar-refractivity contribution in [2.75, 3.05) is 12.8 Å². The molecule has 3 rings (SSSR count). The number of benzene rings is 2. The third kappa shape index (κ3) is 2.38. The minimum Gasteiger partial charge on any atom is -0.508 e. The standard InChI is InChI=1S/C15H14N4O2/c1-21-13-4-2-3-10(9-13)14-15(16)19(18-17-14)11-5-7-12(20)8-6-11/h2-9,20H,16H2,1H3. The Balaban J connectivity index is 2.04. The van der Waals surface area contributed by atoms with Gasteiger partial charge in [0.15, 0.2) is 5.82 Å². The van der Waals surface area contributed by atoms with E-state index in [0.717, 1.165) is 17.0 Å². The summed E-state index contributed by atoms with van der Waals surface area (Å²) in [6.07, 6.45) is 0. The van der Waals surface area contributed by atoms with Gasteiger partial charge in [-0.25, -0.2) is 0 Å². The summed E-state index contributed by atoms with van der Waals surface area (Å²) in [7, 11) is 1.61. The van der Waals surface area contributed by atoms with Gasteiger partial charge in [-0.05, 0) is 36.4 Å². The van der Waals surface area contributed by atoms with E-state index in [0.29, 0.717) is 11.5 Å². The molecule has 0 aliphatic heterocycles. The molecular weight excluding hydrogens is 268 g/mol. The predicted molar refractivity (Wildman–Crippen MR) is 79.4 cm³/mol. The molecular formula is C15H14N4O2. The van der Waals surface area contributed by atoms with Gasteiger partial charge in [0.2, 0.25) is 0 Å². The van der Waals surface area contributed by atoms with Gasteiger partial charge in [0, 0.05) is 5.56 Å². The zero-order valence-corrected chi connectivity index (χ0v) is 11.4. The molecule has 3 N–H and O–H groups in total. The first-order valence-electron chi connectivity index (χ1n) is 6.34. The normalized spacial score (nSPS) is 10.5. The van der Waals surface area contributed by atoms with E-state index in [9.17, 15) is 5.11 Å². The Labute approximate surface area is 121 Å². The highest BCUT2D eigenvalue weighted by atomic mass is 16.5. The molecule has 1 aromatic heterocycles. The van der Waals surface area contributed by atoms with Crippen molar-refractivity contribution in [1.29, 1.82) is 0 Å². The maximum atomic E-state index is 9.32. The van der Waals surface area contributed by atoms with Gasteiger partial charge in [-0.3, -0.25) is 0 Å². The van der Waals surface area contributed by atoms with Crippen LogP contribution < -0.4 is 10.5 Å². The zero-order chi connectivity index (χ0) is 14.8. The summed E-state index contributed by atoms with van der Waals surface area (Å²) in [4.78, 5) is 0. The first-order chi connectivity index (χ1) is 10.2. The number of methoxy groups -OCH3 is 1. The topological polar surface area (TPSA) is 86.2 Å². The summed E-state index contributed by atoms with van der Waals surface area (Å²) in [6, 6.07) is 14.0. The second-order valence-electron chi connectivity index (χ2n) is 4.48. The lowest BCUT2D eigenvalue weighted by molar-refractivity contribution is 0.415. The SMILES string of the molecule is COc1cccc(-c2nnn(-c3ccc(O)cc3)c2N)c1. The van der Waals surface area contributed by atoms with Crippen molar-refractivity contribution < 1.29 is 9.84 Å². The van der Waals surface area contributed by atoms with Crippen molar-refractivity contribution in [3.8, 4) is 28.4 Å². The molecule has 0 aliphatic rings. The van der Waals surface area contributed by atoms with Crippen LogP contribution in [0.3, 0.4) is 0 Å². The third-order valence-electron chi connectivity index (χ3n) is 3.14. The van der Waals surface area contributed by atoms with Crippen LogP contribution in [0.15, 0.2) is 48.5 Å². The van der Waals surface area contributed by atoms with Gasteiger partial charge in [0.25, 0.3) is 0 Å². The number of aromatic nitrogens is 3. The molecule has 0 unspecified atom stereocenters. The molecule has 0 saturated carbocycles. The fourth-order valence-electron chi connectivity index (χ4n) is 2.05. The van der Waals surface area contributed by atoms with Crippen molar-refractivity contribution in [3.63, 3.8) is 0 Å². The molecule has 0 atom stereocenters. The van der Waals surface area contributed by atoms with E-state index in [1.165, 1.54) is 4.68 Å². The molecule has 6 nitrogen and oxygen atoms in total. The second-order valence-corrected chi connectivity index (χ2v) is 4.48. The van der Waals surface area contributed by atoms with Crippen LogP contribution in [-0.2, 0) is 0 Å². The number of aromatic hydroxyl groups is 1. The number of phenolic OH excluding ortho intramolecular Hbond substituents is 1. The van der Waals surface area contributed by atoms with E-state index in [2.05, 4.69) is 10.3 Å². The van der Waals surface area contributed by atoms with Gasteiger partial charge in [-0.1, -0.05) is 17.3 Å². The number of hydrogen-bond donors (Lipinski definition) is 2. The van der Waals surface area contributed by atoms with E-state index in [-0.39, 0.29) is 5.75 Å². The molecule has 1 heterocycles. The number of rotatable bonds is 3. The number of ether oxygens (including phenoxy) is 1. The van der Waals surface area contributed by atoms with Gasteiger partial charge < -0.3 is 15.6 Å². The van der Waals surface area contributed by atoms with Crippen molar-refractivity contribution in [2.24, 2.45) is 0 Å². The van der Waals surface area contributed by atoms with Gasteiger partial charge in [-0.15, -0.1) is 5.10 Å². The molecule has 21 heavy (non-hydrogen) atoms. The Bertz CT molecular complexity index is 766. The summed E-state index contributed by atoms with van der Waals surface area (Å²) >= 11 is 0. The summed E-state index contributed by atoms with van der Waals surface area (Å²) in [5.41, 5.74) is 8.28. The Morgan fingerprint density at radius 2 is 1.90 bits per heavy atom. The average Bonchev–Trinajstić information content (AvgIpc) is 2.90. The molecule has 0 fully saturated rings. The number of nitrogens with zero attached hydrogens (tertiary/aromatic N) is 3. The molecule has 0 bridgehead atoms. The molecule has 0 amide bonds. The Kier molecular flexibility index (Phi) is 3.19. The number of phenols is 1. The van der Waals surface area contributed by atoms with Crippen molar-refractivity contribution in [1.82, 2.24) is 15.0 Å². The van der Waals surface area contributed by atoms with E-state index in [1.54, 1.807) is 31.4 Å². The van der Waals surface area contributed by atoms with Crippen molar-refractivity contribution in [3.05, 3.63) is 48.5 Å². The molecule has 2 aromatic carbocycles. The summed E-state index contributed by atoms with van der Waals surface area (Å²) in [5, 5.41) is 17.5. The first-order valence-corrected chi connectivity index (χ1v) is 6.34. The van der Waals surface area contributed by atoms with Gasteiger partial charge in [0.05, 0.1) is 12.8 Å². The maximum Gasteiger partial charge on any atom is 0.155 e. The molecule has 0 aliphatic carbocycles. The summed E-state index contributed by atoms with van der Waals surface area (Å²) < 4.78 is 6.72. The van der Waals surface area contributed by atoms with E-state index >= 15 is 0 Å². The van der Waals surface area contributed by atoms with Crippen molar-refractivity contribution >= 4 is 5.82 Å². The molecule has 3 aromatic rings. The van der Waals surface area contributed by atoms with Crippen LogP contribution in [-0.4, -0.2) is 27.2 Å². The van der Waals surface area contributed by atoms with Gasteiger partial charge in [-0.2, -0.15) is 4.68 Å². The summed E-state index contributed by atoms with van der Waals surface area (Å²) in [5.74, 6) is 1.34. The van der Waals surface area contributed by atoms with Gasteiger partial charge >= 0.3 is 0 Å². The van der Waals surface area contributed by atoms with Crippen LogP contribution in [0.25, 0.3) is 16.9 Å². The number of nitrogens with two attached hydrogens (primary N) is 1. The number of hydrogen-bond acceptors (Lipinski definition) is 5. The molecule has 0 radical (unpaired) electrons. The van der Waals surface area contributed by atoms with Crippen LogP contribution in [0, 0.1) is 0 Å². The highest BCUT2D eigenvalue weighted by Crippen LogP contribution is 2.28. The van der Waals surface area contributed by atoms with Crippen LogP contribution in [0.5, 0.6) is 11.5 Å². The zero-order valence-electron chi connectivity index (χ0n) is 11.4. The predicted octanol–water partition coefficient (Wildman–Crippen LogP) is 2.23. The van der Waals surface area contributed by atoms with Crippen LogP contribution in [0.1, 0.15) is 0 Å². The Hall–Kier alpha value is -3.02. The average molecular weight is 282 g/mol. The largest absolute Gasteiger partial charge is 0.508 e. The lowest BCUT2D eigenvalue weighted by atomic mass is 10.1. The molecule has 0 saturated heterocycles. The fourth-order valence-corrected chi connectivity index (χ4v) is 2.05. The quantitative estimate of drug-likeness (QED) is 0.769. The lowest BCUT2D eigenvalue weighted by Crippen LogP contribution is -2.02. The monoisotopic (exact) mass is 282 g/mol.